The van der Waals surface area contributed by atoms with Crippen molar-refractivity contribution in [3.63, 3.8) is 0 Å². The van der Waals surface area contributed by atoms with Gasteiger partial charge in [0.05, 0.1) is 11.3 Å². The van der Waals surface area contributed by atoms with Crippen LogP contribution in [0.2, 0.25) is 5.02 Å². The third-order valence-electron chi connectivity index (χ3n) is 2.06. The number of rotatable bonds is 4. The van der Waals surface area contributed by atoms with Crippen LogP contribution in [-0.2, 0) is 6.61 Å². The molecule has 4 heteroatoms. The van der Waals surface area contributed by atoms with Gasteiger partial charge in [0.1, 0.15) is 18.1 Å². The van der Waals surface area contributed by atoms with Crippen molar-refractivity contribution in [1.29, 1.82) is 0 Å². The first-order valence-electron chi connectivity index (χ1n) is 4.69. The number of carbonyl (C=O) groups is 1. The predicted octanol–water partition coefficient (Wildman–Crippen LogP) is 3.32. The monoisotopic (exact) mass is 236 g/mol. The van der Waals surface area contributed by atoms with Gasteiger partial charge in [-0.3, -0.25) is 4.79 Å². The fraction of sp³-hybridized carbons (Fsp3) is 0.0833. The average Bonchev–Trinajstić information content (AvgIpc) is 2.79. The molecule has 0 aliphatic heterocycles. The molecule has 0 atom stereocenters. The highest BCUT2D eigenvalue weighted by Crippen LogP contribution is 2.22. The molecular weight excluding hydrogens is 228 g/mol. The first kappa shape index (κ1) is 10.8. The molecular formula is C12H9ClO3. The van der Waals surface area contributed by atoms with Crippen LogP contribution in [0.4, 0.5) is 0 Å². The van der Waals surface area contributed by atoms with E-state index in [4.69, 9.17) is 20.8 Å². The fourth-order valence-corrected chi connectivity index (χ4v) is 1.46. The molecule has 82 valence electrons. The molecule has 0 amide bonds. The Bertz CT molecular complexity index is 477. The minimum Gasteiger partial charge on any atom is -0.486 e. The highest BCUT2D eigenvalue weighted by molar-refractivity contribution is 6.33. The average molecular weight is 237 g/mol. The molecule has 0 spiro atoms. The summed E-state index contributed by atoms with van der Waals surface area (Å²) in [6.07, 6.45) is 2.29. The van der Waals surface area contributed by atoms with Crippen LogP contribution in [0.1, 0.15) is 16.1 Å². The van der Waals surface area contributed by atoms with Gasteiger partial charge in [0.25, 0.3) is 0 Å². The van der Waals surface area contributed by atoms with Crippen molar-refractivity contribution in [3.05, 3.63) is 52.9 Å². The van der Waals surface area contributed by atoms with Crippen molar-refractivity contribution >= 4 is 17.9 Å². The second-order valence-electron chi connectivity index (χ2n) is 3.17. The van der Waals surface area contributed by atoms with Gasteiger partial charge in [0.2, 0.25) is 0 Å². The van der Waals surface area contributed by atoms with Crippen LogP contribution in [0.3, 0.4) is 0 Å². The number of aldehydes is 1. The molecule has 2 aromatic rings. The van der Waals surface area contributed by atoms with Crippen molar-refractivity contribution in [3.8, 4) is 5.75 Å². The number of hydrogen-bond acceptors (Lipinski definition) is 3. The predicted molar refractivity (Wildman–Crippen MR) is 59.9 cm³/mol. The Balaban J connectivity index is 2.05. The molecule has 2 rings (SSSR count). The van der Waals surface area contributed by atoms with E-state index in [1.54, 1.807) is 30.5 Å². The molecule has 0 aliphatic rings. The van der Waals surface area contributed by atoms with Crippen LogP contribution in [0.25, 0.3) is 0 Å². The smallest absolute Gasteiger partial charge is 0.151 e. The molecule has 0 unspecified atom stereocenters. The van der Waals surface area contributed by atoms with E-state index < -0.39 is 0 Å². The molecule has 0 N–H and O–H groups in total. The van der Waals surface area contributed by atoms with Crippen LogP contribution in [-0.4, -0.2) is 6.29 Å². The van der Waals surface area contributed by atoms with E-state index >= 15 is 0 Å². The van der Waals surface area contributed by atoms with Gasteiger partial charge in [-0.05, 0) is 30.3 Å². The summed E-state index contributed by atoms with van der Waals surface area (Å²) in [6, 6.07) is 8.53. The maximum absolute atomic E-state index is 10.5. The first-order valence-corrected chi connectivity index (χ1v) is 5.07. The summed E-state index contributed by atoms with van der Waals surface area (Å²) in [5.74, 6) is 1.34. The molecule has 16 heavy (non-hydrogen) atoms. The Morgan fingerprint density at radius 2 is 2.25 bits per heavy atom. The van der Waals surface area contributed by atoms with Crippen molar-refractivity contribution in [2.75, 3.05) is 0 Å². The van der Waals surface area contributed by atoms with Crippen LogP contribution in [0, 0.1) is 0 Å². The number of benzene rings is 1. The van der Waals surface area contributed by atoms with E-state index in [-0.39, 0.29) is 0 Å². The summed E-state index contributed by atoms with van der Waals surface area (Å²) in [5, 5.41) is 0.381. The Morgan fingerprint density at radius 1 is 1.38 bits per heavy atom. The summed E-state index contributed by atoms with van der Waals surface area (Å²) in [6.45, 7) is 0.337. The Morgan fingerprint density at radius 3 is 2.88 bits per heavy atom. The standard InChI is InChI=1S/C12H9ClO3/c13-12-6-10(4-3-9(12)7-14)16-8-11-2-1-5-15-11/h1-7H,8H2. The summed E-state index contributed by atoms with van der Waals surface area (Å²) < 4.78 is 10.6. The van der Waals surface area contributed by atoms with Crippen LogP contribution in [0.15, 0.2) is 41.0 Å². The van der Waals surface area contributed by atoms with E-state index in [0.717, 1.165) is 5.76 Å². The van der Waals surface area contributed by atoms with E-state index in [0.29, 0.717) is 29.2 Å². The van der Waals surface area contributed by atoms with Gasteiger partial charge in [-0.15, -0.1) is 0 Å². The number of hydrogen-bond donors (Lipinski definition) is 0. The Kier molecular flexibility index (Phi) is 3.27. The third-order valence-corrected chi connectivity index (χ3v) is 2.39. The van der Waals surface area contributed by atoms with Gasteiger partial charge in [-0.1, -0.05) is 11.6 Å². The number of furan rings is 1. The number of carbonyl (C=O) groups excluding carboxylic acids is 1. The highest BCUT2D eigenvalue weighted by atomic mass is 35.5. The lowest BCUT2D eigenvalue weighted by atomic mass is 10.2. The number of halogens is 1. The quantitative estimate of drug-likeness (QED) is 0.765. The van der Waals surface area contributed by atoms with Gasteiger partial charge in [-0.25, -0.2) is 0 Å². The van der Waals surface area contributed by atoms with Gasteiger partial charge in [-0.2, -0.15) is 0 Å². The van der Waals surface area contributed by atoms with Crippen LogP contribution >= 0.6 is 11.6 Å². The zero-order valence-electron chi connectivity index (χ0n) is 8.35. The first-order chi connectivity index (χ1) is 7.79. The fourth-order valence-electron chi connectivity index (χ4n) is 1.24. The van der Waals surface area contributed by atoms with Gasteiger partial charge in [0.15, 0.2) is 6.29 Å². The van der Waals surface area contributed by atoms with E-state index in [9.17, 15) is 4.79 Å². The van der Waals surface area contributed by atoms with Crippen molar-refractivity contribution in [2.45, 2.75) is 6.61 Å². The molecule has 1 aromatic carbocycles. The van der Waals surface area contributed by atoms with Crippen molar-refractivity contribution in [2.24, 2.45) is 0 Å². The second kappa shape index (κ2) is 4.86. The summed E-state index contributed by atoms with van der Waals surface area (Å²) in [4.78, 5) is 10.5. The molecule has 0 radical (unpaired) electrons. The van der Waals surface area contributed by atoms with E-state index in [1.807, 2.05) is 6.07 Å². The maximum atomic E-state index is 10.5. The lowest BCUT2D eigenvalue weighted by Crippen LogP contribution is -1.94. The van der Waals surface area contributed by atoms with Crippen LogP contribution < -0.4 is 4.74 Å². The van der Waals surface area contributed by atoms with Crippen LogP contribution in [0.5, 0.6) is 5.75 Å². The zero-order chi connectivity index (χ0) is 11.4. The third kappa shape index (κ3) is 2.44. The van der Waals surface area contributed by atoms with Crippen molar-refractivity contribution in [1.82, 2.24) is 0 Å². The summed E-state index contributed by atoms with van der Waals surface area (Å²) >= 11 is 5.86. The SMILES string of the molecule is O=Cc1ccc(OCc2ccco2)cc1Cl. The van der Waals surface area contributed by atoms with Crippen molar-refractivity contribution < 1.29 is 13.9 Å². The largest absolute Gasteiger partial charge is 0.486 e. The van der Waals surface area contributed by atoms with E-state index in [1.165, 1.54) is 0 Å². The van der Waals surface area contributed by atoms with Gasteiger partial charge in [0, 0.05) is 5.56 Å². The number of ether oxygens (including phenoxy) is 1. The van der Waals surface area contributed by atoms with Gasteiger partial charge >= 0.3 is 0 Å². The summed E-state index contributed by atoms with van der Waals surface area (Å²) in [7, 11) is 0. The molecule has 0 saturated carbocycles. The minimum atomic E-state index is 0.337. The molecule has 0 aliphatic carbocycles. The molecule has 0 fully saturated rings. The lowest BCUT2D eigenvalue weighted by Gasteiger charge is -2.05. The molecule has 1 aromatic heterocycles. The van der Waals surface area contributed by atoms with E-state index in [2.05, 4.69) is 0 Å². The molecule has 1 heterocycles. The lowest BCUT2D eigenvalue weighted by molar-refractivity contribution is 0.112. The topological polar surface area (TPSA) is 39.4 Å². The normalized spacial score (nSPS) is 10.1. The Hall–Kier alpha value is -1.74. The zero-order valence-corrected chi connectivity index (χ0v) is 9.11. The second-order valence-corrected chi connectivity index (χ2v) is 3.58. The molecule has 0 bridgehead atoms. The Labute approximate surface area is 97.6 Å². The molecule has 3 nitrogen and oxygen atoms in total. The minimum absolute atomic E-state index is 0.337. The maximum Gasteiger partial charge on any atom is 0.151 e. The molecule has 0 saturated heterocycles. The highest BCUT2D eigenvalue weighted by Gasteiger charge is 2.02. The summed E-state index contributed by atoms with van der Waals surface area (Å²) in [5.41, 5.74) is 0.451. The van der Waals surface area contributed by atoms with Gasteiger partial charge < -0.3 is 9.15 Å².